The van der Waals surface area contributed by atoms with Crippen molar-refractivity contribution in [3.05, 3.63) is 24.3 Å². The maximum Gasteiger partial charge on any atom is 0.178 e. The SMILES string of the molecule is CC(C)=O.O=C1C=CC(=O)C=C1. The van der Waals surface area contributed by atoms with Gasteiger partial charge in [0.15, 0.2) is 11.6 Å². The van der Waals surface area contributed by atoms with Crippen molar-refractivity contribution < 1.29 is 14.4 Å². The molecule has 0 aromatic rings. The Balaban J connectivity index is 0.000000261. The molecule has 1 aliphatic rings. The molecule has 0 bridgehead atoms. The zero-order chi connectivity index (χ0) is 9.56. The van der Waals surface area contributed by atoms with Crippen molar-refractivity contribution >= 4 is 17.3 Å². The second kappa shape index (κ2) is 5.18. The molecule has 0 amide bonds. The highest BCUT2D eigenvalue weighted by atomic mass is 16.1. The molecule has 0 aromatic heterocycles. The predicted octanol–water partition coefficient (Wildman–Crippen LogP) is 0.846. The summed E-state index contributed by atoms with van der Waals surface area (Å²) >= 11 is 0. The molecule has 0 radical (unpaired) electrons. The normalized spacial score (nSPS) is 13.8. The van der Waals surface area contributed by atoms with Crippen molar-refractivity contribution in [2.45, 2.75) is 13.8 Å². The van der Waals surface area contributed by atoms with Crippen LogP contribution in [0.5, 0.6) is 0 Å². The topological polar surface area (TPSA) is 51.2 Å². The van der Waals surface area contributed by atoms with Crippen LogP contribution >= 0.6 is 0 Å². The van der Waals surface area contributed by atoms with Gasteiger partial charge in [-0.2, -0.15) is 0 Å². The first-order valence-electron chi connectivity index (χ1n) is 3.43. The van der Waals surface area contributed by atoms with Crippen LogP contribution < -0.4 is 0 Å². The smallest absolute Gasteiger partial charge is 0.178 e. The zero-order valence-electron chi connectivity index (χ0n) is 7.03. The third-order valence-corrected chi connectivity index (χ3v) is 0.824. The van der Waals surface area contributed by atoms with Crippen LogP contribution in [-0.4, -0.2) is 17.3 Å². The van der Waals surface area contributed by atoms with E-state index in [1.54, 1.807) is 0 Å². The van der Waals surface area contributed by atoms with Gasteiger partial charge < -0.3 is 4.79 Å². The lowest BCUT2D eigenvalue weighted by Crippen LogP contribution is -1.97. The number of allylic oxidation sites excluding steroid dienone is 4. The third-order valence-electron chi connectivity index (χ3n) is 0.824. The molecule has 0 saturated carbocycles. The van der Waals surface area contributed by atoms with Gasteiger partial charge in [0.05, 0.1) is 0 Å². The van der Waals surface area contributed by atoms with E-state index >= 15 is 0 Å². The Morgan fingerprint density at radius 1 is 0.917 bits per heavy atom. The molecule has 1 aliphatic carbocycles. The quantitative estimate of drug-likeness (QED) is 0.501. The Morgan fingerprint density at radius 3 is 1.25 bits per heavy atom. The first-order valence-corrected chi connectivity index (χ1v) is 3.43. The average Bonchev–Trinajstić information content (AvgIpc) is 1.94. The molecular formula is C9H10O3. The van der Waals surface area contributed by atoms with Crippen LogP contribution in [-0.2, 0) is 14.4 Å². The van der Waals surface area contributed by atoms with Crippen LogP contribution in [0.1, 0.15) is 13.8 Å². The highest BCUT2D eigenvalue weighted by molar-refractivity contribution is 6.14. The van der Waals surface area contributed by atoms with E-state index in [4.69, 9.17) is 0 Å². The summed E-state index contributed by atoms with van der Waals surface area (Å²) in [6.07, 6.45) is 5.01. The first-order chi connectivity index (χ1) is 5.52. The minimum absolute atomic E-state index is 0.121. The molecule has 3 nitrogen and oxygen atoms in total. The highest BCUT2D eigenvalue weighted by Gasteiger charge is 1.97. The summed E-state index contributed by atoms with van der Waals surface area (Å²) in [6, 6.07) is 0. The largest absolute Gasteiger partial charge is 0.300 e. The predicted molar refractivity (Wildman–Crippen MR) is 44.6 cm³/mol. The van der Waals surface area contributed by atoms with E-state index in [1.165, 1.54) is 38.2 Å². The molecule has 0 spiro atoms. The fourth-order valence-electron chi connectivity index (χ4n) is 0.440. The van der Waals surface area contributed by atoms with Crippen LogP contribution in [0.2, 0.25) is 0 Å². The summed E-state index contributed by atoms with van der Waals surface area (Å²) in [6.45, 7) is 3.06. The summed E-state index contributed by atoms with van der Waals surface area (Å²) < 4.78 is 0. The van der Waals surface area contributed by atoms with Gasteiger partial charge in [0.1, 0.15) is 5.78 Å². The summed E-state index contributed by atoms with van der Waals surface area (Å²) in [7, 11) is 0. The molecule has 0 saturated heterocycles. The monoisotopic (exact) mass is 166 g/mol. The Bertz CT molecular complexity index is 217. The van der Waals surface area contributed by atoms with Gasteiger partial charge >= 0.3 is 0 Å². The number of Topliss-reactive ketones (excluding diaryl/α,β-unsaturated/α-hetero) is 1. The van der Waals surface area contributed by atoms with Gasteiger partial charge in [-0.25, -0.2) is 0 Å². The average molecular weight is 166 g/mol. The van der Waals surface area contributed by atoms with Crippen molar-refractivity contribution in [2.24, 2.45) is 0 Å². The fourth-order valence-corrected chi connectivity index (χ4v) is 0.440. The van der Waals surface area contributed by atoms with Crippen LogP contribution in [0, 0.1) is 0 Å². The van der Waals surface area contributed by atoms with E-state index in [2.05, 4.69) is 0 Å². The van der Waals surface area contributed by atoms with E-state index in [-0.39, 0.29) is 17.3 Å². The summed E-state index contributed by atoms with van der Waals surface area (Å²) in [4.78, 5) is 30.0. The molecular weight excluding hydrogens is 156 g/mol. The van der Waals surface area contributed by atoms with E-state index in [1.807, 2.05) is 0 Å². The van der Waals surface area contributed by atoms with Crippen LogP contribution in [0.4, 0.5) is 0 Å². The van der Waals surface area contributed by atoms with Crippen molar-refractivity contribution in [1.82, 2.24) is 0 Å². The Morgan fingerprint density at radius 2 is 1.08 bits per heavy atom. The van der Waals surface area contributed by atoms with Gasteiger partial charge in [-0.05, 0) is 38.2 Å². The molecule has 3 heteroatoms. The summed E-state index contributed by atoms with van der Waals surface area (Å²) in [5.41, 5.74) is 0. The van der Waals surface area contributed by atoms with Gasteiger partial charge in [-0.15, -0.1) is 0 Å². The van der Waals surface area contributed by atoms with Crippen LogP contribution in [0.25, 0.3) is 0 Å². The van der Waals surface area contributed by atoms with Crippen LogP contribution in [0.3, 0.4) is 0 Å². The second-order valence-electron chi connectivity index (χ2n) is 2.38. The molecule has 0 atom stereocenters. The second-order valence-corrected chi connectivity index (χ2v) is 2.38. The number of hydrogen-bond donors (Lipinski definition) is 0. The van der Waals surface area contributed by atoms with Gasteiger partial charge in [0.25, 0.3) is 0 Å². The first kappa shape index (κ1) is 10.5. The van der Waals surface area contributed by atoms with Gasteiger partial charge in [0, 0.05) is 0 Å². The number of hydrogen-bond acceptors (Lipinski definition) is 3. The van der Waals surface area contributed by atoms with Crippen molar-refractivity contribution in [2.75, 3.05) is 0 Å². The number of carbonyl (C=O) groups excluding carboxylic acids is 3. The minimum atomic E-state index is -0.121. The Labute approximate surface area is 70.8 Å². The van der Waals surface area contributed by atoms with Crippen molar-refractivity contribution in [3.8, 4) is 0 Å². The minimum Gasteiger partial charge on any atom is -0.300 e. The van der Waals surface area contributed by atoms with E-state index in [0.717, 1.165) is 0 Å². The summed E-state index contributed by atoms with van der Waals surface area (Å²) in [5, 5.41) is 0. The zero-order valence-corrected chi connectivity index (χ0v) is 7.03. The Kier molecular flexibility index (Phi) is 4.53. The van der Waals surface area contributed by atoms with E-state index < -0.39 is 0 Å². The van der Waals surface area contributed by atoms with E-state index in [0.29, 0.717) is 0 Å². The molecule has 64 valence electrons. The lowest BCUT2D eigenvalue weighted by atomic mass is 10.2. The molecule has 0 unspecified atom stereocenters. The maximum atomic E-state index is 10.3. The van der Waals surface area contributed by atoms with Crippen molar-refractivity contribution in [1.29, 1.82) is 0 Å². The molecule has 0 N–H and O–H groups in total. The van der Waals surface area contributed by atoms with Gasteiger partial charge in [0.2, 0.25) is 0 Å². The number of carbonyl (C=O) groups is 3. The number of rotatable bonds is 0. The van der Waals surface area contributed by atoms with E-state index in [9.17, 15) is 14.4 Å². The molecule has 1 rings (SSSR count). The summed E-state index contributed by atoms with van der Waals surface area (Å²) in [5.74, 6) is -0.0748. The standard InChI is InChI=1S/C6H4O2.C3H6O/c7-5-1-2-6(8)4-3-5;1-3(2)4/h1-4H;1-2H3. The number of ketones is 3. The molecule has 0 aliphatic heterocycles. The molecule has 0 heterocycles. The lowest BCUT2D eigenvalue weighted by Gasteiger charge is -1.87. The fraction of sp³-hybridized carbons (Fsp3) is 0.222. The Hall–Kier alpha value is -1.51. The highest BCUT2D eigenvalue weighted by Crippen LogP contribution is 1.90. The molecule has 0 aromatic carbocycles. The molecule has 0 fully saturated rings. The maximum absolute atomic E-state index is 10.3. The van der Waals surface area contributed by atoms with Gasteiger partial charge in [-0.3, -0.25) is 9.59 Å². The van der Waals surface area contributed by atoms with Crippen molar-refractivity contribution in [3.63, 3.8) is 0 Å². The third kappa shape index (κ3) is 6.61. The molecule has 12 heavy (non-hydrogen) atoms. The van der Waals surface area contributed by atoms with Crippen LogP contribution in [0.15, 0.2) is 24.3 Å². The lowest BCUT2D eigenvalue weighted by molar-refractivity contribution is -0.115. The van der Waals surface area contributed by atoms with Gasteiger partial charge in [-0.1, -0.05) is 0 Å².